The van der Waals surface area contributed by atoms with Crippen molar-refractivity contribution in [3.8, 4) is 5.75 Å². The Labute approximate surface area is 152 Å². The predicted octanol–water partition coefficient (Wildman–Crippen LogP) is 4.45. The molecule has 2 aromatic carbocycles. The van der Waals surface area contributed by atoms with E-state index in [1.807, 2.05) is 39.0 Å². The maximum atomic E-state index is 12.3. The standard InChI is InChI=1S/C18H21BrO4S/c1-13-11-14(5-10-17(13)22-4)18(2,3)12-23-24(20,21)16-8-6-15(19)7-9-16/h5-11H,12H2,1-4H3. The van der Waals surface area contributed by atoms with E-state index in [1.54, 1.807) is 19.2 Å². The number of aryl methyl sites for hydroxylation is 1. The summed E-state index contributed by atoms with van der Waals surface area (Å²) in [6.07, 6.45) is 0. The topological polar surface area (TPSA) is 52.6 Å². The molecule has 6 heteroatoms. The molecule has 2 rings (SSSR count). The lowest BCUT2D eigenvalue weighted by molar-refractivity contribution is 0.245. The minimum atomic E-state index is -3.79. The lowest BCUT2D eigenvalue weighted by Gasteiger charge is -2.25. The molecule has 0 aliphatic rings. The van der Waals surface area contributed by atoms with Crippen LogP contribution in [-0.4, -0.2) is 22.1 Å². The Morgan fingerprint density at radius 2 is 1.71 bits per heavy atom. The molecular weight excluding hydrogens is 392 g/mol. The number of benzene rings is 2. The Morgan fingerprint density at radius 3 is 2.25 bits per heavy atom. The van der Waals surface area contributed by atoms with Crippen LogP contribution in [-0.2, 0) is 19.7 Å². The average molecular weight is 413 g/mol. The summed E-state index contributed by atoms with van der Waals surface area (Å²) in [5.74, 6) is 0.804. The van der Waals surface area contributed by atoms with Gasteiger partial charge in [0.25, 0.3) is 10.1 Å². The molecule has 130 valence electrons. The highest BCUT2D eigenvalue weighted by Crippen LogP contribution is 2.29. The predicted molar refractivity (Wildman–Crippen MR) is 98.0 cm³/mol. The van der Waals surface area contributed by atoms with Gasteiger partial charge in [0.1, 0.15) is 5.75 Å². The zero-order valence-corrected chi connectivity index (χ0v) is 16.6. The largest absolute Gasteiger partial charge is 0.496 e. The molecule has 0 amide bonds. The van der Waals surface area contributed by atoms with E-state index in [4.69, 9.17) is 8.92 Å². The minimum Gasteiger partial charge on any atom is -0.496 e. The summed E-state index contributed by atoms with van der Waals surface area (Å²) in [7, 11) is -2.16. The van der Waals surface area contributed by atoms with Crippen LogP contribution in [0.3, 0.4) is 0 Å². The first-order chi connectivity index (χ1) is 11.2. The monoisotopic (exact) mass is 412 g/mol. The third-order valence-corrected chi connectivity index (χ3v) is 5.66. The van der Waals surface area contributed by atoms with Crippen LogP contribution in [0.4, 0.5) is 0 Å². The molecule has 0 fully saturated rings. The van der Waals surface area contributed by atoms with Crippen molar-refractivity contribution in [3.63, 3.8) is 0 Å². The summed E-state index contributed by atoms with van der Waals surface area (Å²) in [6.45, 7) is 5.91. The summed E-state index contributed by atoms with van der Waals surface area (Å²) in [5.41, 5.74) is 1.53. The molecule has 0 saturated heterocycles. The van der Waals surface area contributed by atoms with Crippen LogP contribution in [0.25, 0.3) is 0 Å². The van der Waals surface area contributed by atoms with Crippen molar-refractivity contribution in [3.05, 3.63) is 58.1 Å². The highest BCUT2D eigenvalue weighted by atomic mass is 79.9. The van der Waals surface area contributed by atoms with E-state index in [-0.39, 0.29) is 11.5 Å². The molecule has 0 aromatic heterocycles. The van der Waals surface area contributed by atoms with E-state index in [1.165, 1.54) is 12.1 Å². The van der Waals surface area contributed by atoms with Crippen LogP contribution in [0.5, 0.6) is 5.75 Å². The smallest absolute Gasteiger partial charge is 0.297 e. The summed E-state index contributed by atoms with van der Waals surface area (Å²) >= 11 is 3.29. The number of hydrogen-bond donors (Lipinski definition) is 0. The Bertz CT molecular complexity index is 811. The van der Waals surface area contributed by atoms with Gasteiger partial charge in [0.05, 0.1) is 18.6 Å². The third kappa shape index (κ3) is 4.37. The van der Waals surface area contributed by atoms with Crippen molar-refractivity contribution in [1.29, 1.82) is 0 Å². The van der Waals surface area contributed by atoms with E-state index in [2.05, 4.69) is 15.9 Å². The van der Waals surface area contributed by atoms with Crippen molar-refractivity contribution in [2.24, 2.45) is 0 Å². The van der Waals surface area contributed by atoms with Crippen LogP contribution < -0.4 is 4.74 Å². The number of methoxy groups -OCH3 is 1. The Balaban J connectivity index is 2.17. The molecular formula is C18H21BrO4S. The Hall–Kier alpha value is -1.37. The van der Waals surface area contributed by atoms with Crippen LogP contribution in [0.15, 0.2) is 51.8 Å². The molecule has 0 spiro atoms. The average Bonchev–Trinajstić information content (AvgIpc) is 2.53. The Morgan fingerprint density at radius 1 is 1.08 bits per heavy atom. The van der Waals surface area contributed by atoms with Gasteiger partial charge in [-0.1, -0.05) is 41.9 Å². The van der Waals surface area contributed by atoms with Crippen molar-refractivity contribution in [2.45, 2.75) is 31.1 Å². The maximum Gasteiger partial charge on any atom is 0.297 e. The molecule has 24 heavy (non-hydrogen) atoms. The first-order valence-corrected chi connectivity index (χ1v) is 9.66. The first kappa shape index (κ1) is 19.0. The molecule has 0 aliphatic heterocycles. The van der Waals surface area contributed by atoms with Gasteiger partial charge in [0.2, 0.25) is 0 Å². The lowest BCUT2D eigenvalue weighted by Crippen LogP contribution is -2.26. The molecule has 0 heterocycles. The van der Waals surface area contributed by atoms with Gasteiger partial charge in [-0.2, -0.15) is 8.42 Å². The lowest BCUT2D eigenvalue weighted by atomic mass is 9.85. The summed E-state index contributed by atoms with van der Waals surface area (Å²) < 4.78 is 36.0. The normalized spacial score (nSPS) is 12.2. The second-order valence-corrected chi connectivity index (χ2v) is 8.77. The maximum absolute atomic E-state index is 12.3. The fourth-order valence-electron chi connectivity index (χ4n) is 2.28. The van der Waals surface area contributed by atoms with Crippen molar-refractivity contribution in [1.82, 2.24) is 0 Å². The number of rotatable bonds is 6. The molecule has 4 nitrogen and oxygen atoms in total. The summed E-state index contributed by atoms with van der Waals surface area (Å²) in [5, 5.41) is 0. The van der Waals surface area contributed by atoms with Gasteiger partial charge in [0, 0.05) is 9.89 Å². The SMILES string of the molecule is COc1ccc(C(C)(C)COS(=O)(=O)c2ccc(Br)cc2)cc1C. The molecule has 2 aromatic rings. The van der Waals surface area contributed by atoms with Crippen molar-refractivity contribution < 1.29 is 17.3 Å². The van der Waals surface area contributed by atoms with E-state index >= 15 is 0 Å². The van der Waals surface area contributed by atoms with Gasteiger partial charge >= 0.3 is 0 Å². The van der Waals surface area contributed by atoms with Crippen molar-refractivity contribution in [2.75, 3.05) is 13.7 Å². The fourth-order valence-corrected chi connectivity index (χ4v) is 3.60. The van der Waals surface area contributed by atoms with Gasteiger partial charge in [-0.3, -0.25) is 4.18 Å². The summed E-state index contributed by atoms with van der Waals surface area (Å²) in [6, 6.07) is 12.2. The molecule has 0 N–H and O–H groups in total. The minimum absolute atomic E-state index is 0.0527. The van der Waals surface area contributed by atoms with Gasteiger partial charge in [-0.25, -0.2) is 0 Å². The molecule has 0 radical (unpaired) electrons. The highest BCUT2D eigenvalue weighted by molar-refractivity contribution is 9.10. The number of hydrogen-bond acceptors (Lipinski definition) is 4. The number of ether oxygens (including phenoxy) is 1. The van der Waals surface area contributed by atoms with Crippen LogP contribution in [0.2, 0.25) is 0 Å². The van der Waals surface area contributed by atoms with Crippen molar-refractivity contribution >= 4 is 26.0 Å². The van der Waals surface area contributed by atoms with Gasteiger partial charge in [-0.15, -0.1) is 0 Å². The molecule has 0 unspecified atom stereocenters. The molecule has 0 aliphatic carbocycles. The van der Waals surface area contributed by atoms with Gasteiger partial charge in [-0.05, 0) is 48.4 Å². The van der Waals surface area contributed by atoms with E-state index in [0.29, 0.717) is 0 Å². The van der Waals surface area contributed by atoms with E-state index in [9.17, 15) is 8.42 Å². The second kappa shape index (κ2) is 7.25. The zero-order valence-electron chi connectivity index (χ0n) is 14.2. The Kier molecular flexibility index (Phi) is 5.73. The van der Waals surface area contributed by atoms with Crippen LogP contribution >= 0.6 is 15.9 Å². The van der Waals surface area contributed by atoms with E-state index < -0.39 is 15.5 Å². The third-order valence-electron chi connectivity index (χ3n) is 3.85. The fraction of sp³-hybridized carbons (Fsp3) is 0.333. The summed E-state index contributed by atoms with van der Waals surface area (Å²) in [4.78, 5) is 0.146. The van der Waals surface area contributed by atoms with Crippen LogP contribution in [0, 0.1) is 6.92 Å². The van der Waals surface area contributed by atoms with Gasteiger partial charge < -0.3 is 4.74 Å². The molecule has 0 atom stereocenters. The number of halogens is 1. The van der Waals surface area contributed by atoms with Crippen LogP contribution in [0.1, 0.15) is 25.0 Å². The second-order valence-electron chi connectivity index (χ2n) is 6.24. The molecule has 0 saturated carbocycles. The first-order valence-electron chi connectivity index (χ1n) is 7.46. The highest BCUT2D eigenvalue weighted by Gasteiger charge is 2.26. The molecule has 0 bridgehead atoms. The van der Waals surface area contributed by atoms with Gasteiger partial charge in [0.15, 0.2) is 0 Å². The van der Waals surface area contributed by atoms with E-state index in [0.717, 1.165) is 21.3 Å². The zero-order chi connectivity index (χ0) is 18.0. The quantitative estimate of drug-likeness (QED) is 0.657.